The molecule has 0 aromatic carbocycles. The van der Waals surface area contributed by atoms with E-state index >= 15 is 0 Å². The van der Waals surface area contributed by atoms with E-state index in [1.54, 1.807) is 20.8 Å². The molecule has 0 fully saturated rings. The maximum atomic E-state index is 12.0. The second-order valence-corrected chi connectivity index (χ2v) is 19.1. The first kappa shape index (κ1) is 78.0. The van der Waals surface area contributed by atoms with Gasteiger partial charge in [-0.3, -0.25) is 9.69 Å². The summed E-state index contributed by atoms with van der Waals surface area (Å²) in [6.07, 6.45) is -11.7. The van der Waals surface area contributed by atoms with Crippen molar-refractivity contribution in [3.63, 3.8) is 0 Å². The third kappa shape index (κ3) is 46.0. The Balaban J connectivity index is 3.63. The number of ether oxygens (including phenoxy) is 13. The van der Waals surface area contributed by atoms with Crippen LogP contribution in [0, 0.1) is 5.92 Å². The zero-order valence-corrected chi connectivity index (χ0v) is 47.7. The Hall–Kier alpha value is -3.00. The minimum atomic E-state index is -1.89. The van der Waals surface area contributed by atoms with E-state index in [-0.39, 0.29) is 64.6 Å². The molecule has 30 heteroatoms. The van der Waals surface area contributed by atoms with E-state index in [1.165, 1.54) is 4.90 Å². The summed E-state index contributed by atoms with van der Waals surface area (Å²) in [4.78, 5) is 47.7. The molecule has 9 atom stereocenters. The molecule has 0 aliphatic rings. The SMILES string of the molecule is CC(C)(C)OC(=O)N[C@H](CCCCNC(=O)CCOCCOCCOCCOCCOCCOCCOCCOCCOCCOCCOCCOCCN(C[C@H](O)[C@@H](O)[C@H](O)[C@@H](O)CO)C[C@H](O)[C@@H](O)[C@H](O)[C@@H](C=O)CO)C(=O)O. The van der Waals surface area contributed by atoms with Crippen molar-refractivity contribution in [2.24, 2.45) is 5.92 Å². The quantitative estimate of drug-likeness (QED) is 0.0202. The summed E-state index contributed by atoms with van der Waals surface area (Å²) in [6.45, 7) is 11.3. The molecule has 30 nitrogen and oxygen atoms in total. The third-order valence-electron chi connectivity index (χ3n) is 11.1. The lowest BCUT2D eigenvalue weighted by molar-refractivity contribution is -0.139. The Morgan fingerprint density at radius 1 is 0.481 bits per heavy atom. The van der Waals surface area contributed by atoms with Crippen LogP contribution in [0.1, 0.15) is 46.5 Å². The molecule has 0 bridgehead atoms. The van der Waals surface area contributed by atoms with Crippen LogP contribution in [-0.4, -0.2) is 333 Å². The fourth-order valence-corrected chi connectivity index (χ4v) is 6.65. The molecule has 0 saturated heterocycles. The van der Waals surface area contributed by atoms with Gasteiger partial charge in [0, 0.05) is 32.6 Å². The van der Waals surface area contributed by atoms with Gasteiger partial charge in [-0.1, -0.05) is 0 Å². The number of hydrogen-bond donors (Lipinski definition) is 12. The molecule has 0 saturated carbocycles. The highest BCUT2D eigenvalue weighted by Crippen LogP contribution is 2.13. The number of carbonyl (C=O) groups excluding carboxylic acids is 3. The highest BCUT2D eigenvalue weighted by molar-refractivity contribution is 5.80. The van der Waals surface area contributed by atoms with Crippen LogP contribution in [0.25, 0.3) is 0 Å². The molecule has 0 radical (unpaired) electrons. The van der Waals surface area contributed by atoms with Gasteiger partial charge in [-0.15, -0.1) is 0 Å². The number of unbranched alkanes of at least 4 members (excludes halogenated alkanes) is 1. The molecule has 81 heavy (non-hydrogen) atoms. The van der Waals surface area contributed by atoms with Crippen molar-refractivity contribution >= 4 is 24.3 Å². The number of aliphatic hydroxyl groups excluding tert-OH is 9. The van der Waals surface area contributed by atoms with Gasteiger partial charge in [0.05, 0.1) is 196 Å². The largest absolute Gasteiger partial charge is 0.480 e. The average Bonchev–Trinajstić information content (AvgIpc) is 3.43. The number of nitrogens with zero attached hydrogens (tertiary/aromatic N) is 1. The predicted molar refractivity (Wildman–Crippen MR) is 284 cm³/mol. The van der Waals surface area contributed by atoms with Crippen LogP contribution in [0.3, 0.4) is 0 Å². The van der Waals surface area contributed by atoms with Crippen LogP contribution >= 0.6 is 0 Å². The number of rotatable bonds is 59. The highest BCUT2D eigenvalue weighted by atomic mass is 16.6. The zero-order chi connectivity index (χ0) is 60.4. The number of carboxylic acids is 1. The molecule has 0 aromatic rings. The molecule has 480 valence electrons. The van der Waals surface area contributed by atoms with E-state index in [2.05, 4.69) is 10.6 Å². The number of aldehydes is 1. The summed E-state index contributed by atoms with van der Waals surface area (Å²) in [7, 11) is 0. The second-order valence-electron chi connectivity index (χ2n) is 19.1. The Labute approximate surface area is 475 Å². The van der Waals surface area contributed by atoms with Crippen molar-refractivity contribution in [1.29, 1.82) is 0 Å². The average molecular weight is 1190 g/mol. The van der Waals surface area contributed by atoms with Gasteiger partial charge < -0.3 is 128 Å². The van der Waals surface area contributed by atoms with E-state index in [4.69, 9.17) is 66.7 Å². The lowest BCUT2D eigenvalue weighted by Gasteiger charge is -2.33. The predicted octanol–water partition coefficient (Wildman–Crippen LogP) is -4.53. The maximum absolute atomic E-state index is 12.0. The van der Waals surface area contributed by atoms with Crippen molar-refractivity contribution in [1.82, 2.24) is 15.5 Å². The minimum absolute atomic E-state index is 0.0137. The van der Waals surface area contributed by atoms with E-state index < -0.39 is 98.7 Å². The van der Waals surface area contributed by atoms with Crippen LogP contribution in [0.2, 0.25) is 0 Å². The monoisotopic (exact) mass is 1190 g/mol. The Bertz CT molecular complexity index is 1490. The first-order valence-corrected chi connectivity index (χ1v) is 27.5. The summed E-state index contributed by atoms with van der Waals surface area (Å²) >= 11 is 0. The number of aliphatic hydroxyl groups is 9. The van der Waals surface area contributed by atoms with Crippen molar-refractivity contribution in [2.45, 2.75) is 101 Å². The summed E-state index contributed by atoms with van der Waals surface area (Å²) in [5.41, 5.74) is -0.736. The standard InChI is InChI=1S/C51H99N3O27/c1-51(2,3)81-50(68)53-40(49(66)67)6-4-5-8-52-44(61)7-10-69-12-14-71-16-18-73-20-22-75-24-26-77-28-30-79-32-33-80-31-29-78-27-25-76-23-21-74-19-17-72-15-13-70-11-9-54(35-42(59)47(64)48(65)43(60)38-57)34-41(58)46(63)45(62)39(36-55)37-56/h36,39-43,45-48,56-60,62-65H,4-35,37-38H2,1-3H3,(H,52,61)(H,53,68)(H,66,67)/t39-,40+,41-,42-,43-,45+,46+,47+,48+/m0/s1. The fraction of sp³-hybridized carbons (Fsp3) is 0.922. The van der Waals surface area contributed by atoms with Crippen molar-refractivity contribution in [3.05, 3.63) is 0 Å². The molecule has 0 aromatic heterocycles. The van der Waals surface area contributed by atoms with Gasteiger partial charge in [0.2, 0.25) is 5.91 Å². The Morgan fingerprint density at radius 3 is 1.16 bits per heavy atom. The topological polar surface area (TPSA) is 418 Å². The van der Waals surface area contributed by atoms with Gasteiger partial charge in [-0.25, -0.2) is 9.59 Å². The minimum Gasteiger partial charge on any atom is -0.480 e. The van der Waals surface area contributed by atoms with Crippen molar-refractivity contribution < 1.29 is 132 Å². The van der Waals surface area contributed by atoms with Gasteiger partial charge >= 0.3 is 12.1 Å². The number of carbonyl (C=O) groups is 4. The molecule has 2 amide bonds. The lowest BCUT2D eigenvalue weighted by Crippen LogP contribution is -2.53. The Morgan fingerprint density at radius 2 is 0.827 bits per heavy atom. The van der Waals surface area contributed by atoms with Crippen LogP contribution in [0.15, 0.2) is 0 Å². The number of nitrogens with one attached hydrogen (secondary N) is 2. The number of carboxylic acid groups (broad SMARTS) is 1. The zero-order valence-electron chi connectivity index (χ0n) is 47.7. The van der Waals surface area contributed by atoms with Crippen molar-refractivity contribution in [2.75, 3.05) is 198 Å². The number of alkyl carbamates (subject to hydrolysis) is 1. The highest BCUT2D eigenvalue weighted by Gasteiger charge is 2.35. The van der Waals surface area contributed by atoms with Crippen LogP contribution in [0.4, 0.5) is 4.79 Å². The van der Waals surface area contributed by atoms with Crippen molar-refractivity contribution in [3.8, 4) is 0 Å². The van der Waals surface area contributed by atoms with Gasteiger partial charge in [-0.05, 0) is 40.0 Å². The molecule has 0 spiro atoms. The normalized spacial score (nSPS) is 15.4. The van der Waals surface area contributed by atoms with E-state index in [0.29, 0.717) is 145 Å². The number of hydrogen-bond acceptors (Lipinski definition) is 27. The third-order valence-corrected chi connectivity index (χ3v) is 11.1. The van der Waals surface area contributed by atoms with E-state index in [0.717, 1.165) is 0 Å². The molecule has 12 N–H and O–H groups in total. The molecule has 0 aliphatic carbocycles. The number of amides is 2. The molecular weight excluding hydrogens is 1090 g/mol. The Kier molecular flexibility index (Phi) is 50.6. The molecular formula is C51H99N3O27. The van der Waals surface area contributed by atoms with E-state index in [9.17, 15) is 65.1 Å². The summed E-state index contributed by atoms with van der Waals surface area (Å²) < 4.78 is 70.9. The van der Waals surface area contributed by atoms with Crippen LogP contribution in [-0.2, 0) is 76.0 Å². The fourth-order valence-electron chi connectivity index (χ4n) is 6.65. The molecule has 0 heterocycles. The van der Waals surface area contributed by atoms with Gasteiger partial charge in [0.1, 0.15) is 42.3 Å². The van der Waals surface area contributed by atoms with Crippen LogP contribution < -0.4 is 10.6 Å². The molecule has 0 unspecified atom stereocenters. The van der Waals surface area contributed by atoms with Crippen LogP contribution in [0.5, 0.6) is 0 Å². The van der Waals surface area contributed by atoms with Gasteiger partial charge in [0.15, 0.2) is 0 Å². The lowest BCUT2D eigenvalue weighted by atomic mass is 9.96. The maximum Gasteiger partial charge on any atom is 0.408 e. The summed E-state index contributed by atoms with van der Waals surface area (Å²) in [5, 5.41) is 104. The number of aliphatic carboxylic acids is 1. The van der Waals surface area contributed by atoms with Gasteiger partial charge in [-0.2, -0.15) is 0 Å². The summed E-state index contributed by atoms with van der Waals surface area (Å²) in [6, 6.07) is -1.07. The summed E-state index contributed by atoms with van der Waals surface area (Å²) in [5.74, 6) is -2.69. The molecule has 0 rings (SSSR count). The first-order chi connectivity index (χ1) is 38.9. The smallest absolute Gasteiger partial charge is 0.408 e. The second kappa shape index (κ2) is 52.5. The van der Waals surface area contributed by atoms with Gasteiger partial charge in [0.25, 0.3) is 0 Å². The first-order valence-electron chi connectivity index (χ1n) is 27.5. The molecule has 0 aliphatic heterocycles. The van der Waals surface area contributed by atoms with E-state index in [1.807, 2.05) is 0 Å².